The molecule has 0 aromatic heterocycles. The molecule has 4 N–H and O–H groups in total. The fraction of sp³-hybridized carbons (Fsp3) is 0.913. The fourth-order valence-corrected chi connectivity index (χ4v) is 3.42. The van der Waals surface area contributed by atoms with Crippen LogP contribution in [0.15, 0.2) is 12.7 Å². The molecular weight excluding hydrogens is 450 g/mol. The molecule has 0 aromatic rings. The highest BCUT2D eigenvalue weighted by atomic mass is 32.3. The lowest BCUT2D eigenvalue weighted by atomic mass is 10.1. The molecule has 4 unspecified atom stereocenters. The molecule has 9 nitrogen and oxygen atoms in total. The molecule has 0 spiro atoms. The van der Waals surface area contributed by atoms with Crippen molar-refractivity contribution in [3.05, 3.63) is 12.7 Å². The third kappa shape index (κ3) is 20.5. The van der Waals surface area contributed by atoms with E-state index in [1.807, 2.05) is 20.8 Å². The maximum Gasteiger partial charge on any atom is 0.397 e. The summed E-state index contributed by atoms with van der Waals surface area (Å²) in [4.78, 5) is 1.33. The third-order valence-corrected chi connectivity index (χ3v) is 5.60. The number of nitrogens with zero attached hydrogens (tertiary/aromatic N) is 1. The zero-order valence-electron chi connectivity index (χ0n) is 21.1. The summed E-state index contributed by atoms with van der Waals surface area (Å²) in [5.74, 6) is 0. The first-order valence-electron chi connectivity index (χ1n) is 12.2. The van der Waals surface area contributed by atoms with Crippen molar-refractivity contribution in [2.75, 3.05) is 13.2 Å². The highest BCUT2D eigenvalue weighted by Gasteiger charge is 2.26. The van der Waals surface area contributed by atoms with Crippen LogP contribution in [-0.2, 0) is 19.3 Å². The van der Waals surface area contributed by atoms with E-state index in [1.165, 1.54) is 43.4 Å². The Hall–Kier alpha value is -0.590. The second kappa shape index (κ2) is 21.9. The Bertz CT molecular complexity index is 523. The molecule has 0 heterocycles. The number of aliphatic hydroxyl groups excluding tert-OH is 3. The van der Waals surface area contributed by atoms with E-state index >= 15 is 0 Å². The molecule has 0 aliphatic rings. The lowest BCUT2D eigenvalue weighted by Crippen LogP contribution is -2.49. The highest BCUT2D eigenvalue weighted by molar-refractivity contribution is 7.80. The number of hydrogen-bond donors (Lipinski definition) is 4. The van der Waals surface area contributed by atoms with Gasteiger partial charge in [-0.15, -0.1) is 6.58 Å². The third-order valence-electron chi connectivity index (χ3n) is 5.13. The fourth-order valence-electron chi connectivity index (χ4n) is 3.14. The lowest BCUT2D eigenvalue weighted by molar-refractivity contribution is -0.180. The van der Waals surface area contributed by atoms with Crippen molar-refractivity contribution in [1.29, 1.82) is 0 Å². The topological polar surface area (TPSA) is 137 Å². The standard InChI is InChI=1S/C14H28O5S.C9H21NO3/c1-3-5-6-7-8-9-10-11-14(4-2)18-12-13-19-20(15,16)17;1-4-7(11)10(8(12)5-2)9(13)6-3/h4,14H,2-3,5-13H2,1H3,(H,15,16,17);7-9,11-13H,4-6H2,1-3H3. The Morgan fingerprint density at radius 2 is 1.27 bits per heavy atom. The zero-order valence-corrected chi connectivity index (χ0v) is 21.9. The van der Waals surface area contributed by atoms with Gasteiger partial charge in [0.25, 0.3) is 0 Å². The summed E-state index contributed by atoms with van der Waals surface area (Å²) in [6.07, 6.45) is 10.3. The summed E-state index contributed by atoms with van der Waals surface area (Å²) in [6.45, 7) is 11.3. The van der Waals surface area contributed by atoms with E-state index in [-0.39, 0.29) is 19.3 Å². The molecule has 0 aromatic carbocycles. The van der Waals surface area contributed by atoms with Crippen molar-refractivity contribution in [2.24, 2.45) is 0 Å². The van der Waals surface area contributed by atoms with Crippen molar-refractivity contribution < 1.29 is 37.2 Å². The number of unbranched alkanes of at least 4 members (excludes halogenated alkanes) is 6. The van der Waals surface area contributed by atoms with E-state index in [2.05, 4.69) is 17.7 Å². The molecule has 0 aliphatic heterocycles. The summed E-state index contributed by atoms with van der Waals surface area (Å²) in [7, 11) is -4.37. The molecule has 10 heteroatoms. The molecule has 0 amide bonds. The van der Waals surface area contributed by atoms with Crippen LogP contribution < -0.4 is 0 Å². The van der Waals surface area contributed by atoms with Crippen molar-refractivity contribution in [1.82, 2.24) is 4.90 Å². The van der Waals surface area contributed by atoms with Crippen LogP contribution in [0.1, 0.15) is 98.3 Å². The minimum absolute atomic E-state index is 0.0874. The molecule has 0 radical (unpaired) electrons. The normalized spacial score (nSPS) is 15.4. The van der Waals surface area contributed by atoms with Gasteiger partial charge in [-0.05, 0) is 25.7 Å². The minimum Gasteiger partial charge on any atom is -0.378 e. The highest BCUT2D eigenvalue weighted by Crippen LogP contribution is 2.13. The van der Waals surface area contributed by atoms with Gasteiger partial charge >= 0.3 is 10.4 Å². The number of rotatable bonds is 20. The summed E-state index contributed by atoms with van der Waals surface area (Å²) in [5.41, 5.74) is 0. The van der Waals surface area contributed by atoms with Crippen LogP contribution in [0.3, 0.4) is 0 Å². The first kappa shape index (κ1) is 34.6. The molecule has 0 saturated carbocycles. The van der Waals surface area contributed by atoms with Crippen LogP contribution in [0.5, 0.6) is 0 Å². The Morgan fingerprint density at radius 3 is 1.67 bits per heavy atom. The molecule has 33 heavy (non-hydrogen) atoms. The van der Waals surface area contributed by atoms with Crippen LogP contribution in [0.25, 0.3) is 0 Å². The van der Waals surface area contributed by atoms with E-state index in [4.69, 9.17) is 9.29 Å². The van der Waals surface area contributed by atoms with E-state index in [0.717, 1.165) is 12.8 Å². The Kier molecular flexibility index (Phi) is 23.0. The first-order chi connectivity index (χ1) is 15.6. The minimum atomic E-state index is -4.37. The monoisotopic (exact) mass is 499 g/mol. The van der Waals surface area contributed by atoms with Crippen molar-refractivity contribution >= 4 is 10.4 Å². The zero-order chi connectivity index (χ0) is 25.7. The van der Waals surface area contributed by atoms with Crippen molar-refractivity contribution in [3.63, 3.8) is 0 Å². The van der Waals surface area contributed by atoms with Gasteiger partial charge in [0, 0.05) is 0 Å². The van der Waals surface area contributed by atoms with Crippen molar-refractivity contribution in [2.45, 2.75) is 123 Å². The predicted molar refractivity (Wildman–Crippen MR) is 131 cm³/mol. The van der Waals surface area contributed by atoms with Crippen LogP contribution >= 0.6 is 0 Å². The van der Waals surface area contributed by atoms with Crippen LogP contribution in [0.2, 0.25) is 0 Å². The van der Waals surface area contributed by atoms with Gasteiger partial charge in [0.15, 0.2) is 0 Å². The average Bonchev–Trinajstić information content (AvgIpc) is 2.79. The van der Waals surface area contributed by atoms with E-state index in [0.29, 0.717) is 19.3 Å². The van der Waals surface area contributed by atoms with E-state index in [9.17, 15) is 23.7 Å². The summed E-state index contributed by atoms with van der Waals surface area (Å²) in [5, 5.41) is 28.6. The van der Waals surface area contributed by atoms with Crippen LogP contribution in [0.4, 0.5) is 0 Å². The van der Waals surface area contributed by atoms with Gasteiger partial charge in [-0.2, -0.15) is 8.42 Å². The maximum atomic E-state index is 10.3. The molecule has 0 bridgehead atoms. The number of ether oxygens (including phenoxy) is 1. The van der Waals surface area contributed by atoms with Gasteiger partial charge in [0.05, 0.1) is 19.3 Å². The Labute approximate surface area is 201 Å². The van der Waals surface area contributed by atoms with Crippen molar-refractivity contribution in [3.8, 4) is 0 Å². The molecule has 4 atom stereocenters. The average molecular weight is 500 g/mol. The largest absolute Gasteiger partial charge is 0.397 e. The van der Waals surface area contributed by atoms with Gasteiger partial charge in [-0.3, -0.25) is 4.55 Å². The van der Waals surface area contributed by atoms with E-state index in [1.54, 1.807) is 6.08 Å². The molecule has 0 fully saturated rings. The SMILES string of the molecule is C=CC(CCCCCCCCC)OCCOS(=O)(=O)O.CCC(O)N(C(O)CC)C(O)CC. The summed E-state index contributed by atoms with van der Waals surface area (Å²) < 4.78 is 38.6. The molecule has 0 saturated heterocycles. The summed E-state index contributed by atoms with van der Waals surface area (Å²) in [6, 6.07) is 0. The van der Waals surface area contributed by atoms with Gasteiger partial charge in [-0.25, -0.2) is 9.08 Å². The van der Waals surface area contributed by atoms with Gasteiger partial charge in [-0.1, -0.05) is 78.7 Å². The second-order valence-corrected chi connectivity index (χ2v) is 9.01. The van der Waals surface area contributed by atoms with E-state index < -0.39 is 29.1 Å². The predicted octanol–water partition coefficient (Wildman–Crippen LogP) is 3.99. The first-order valence-corrected chi connectivity index (χ1v) is 13.6. The molecule has 0 aliphatic carbocycles. The Morgan fingerprint density at radius 1 is 0.818 bits per heavy atom. The lowest BCUT2D eigenvalue weighted by Gasteiger charge is -2.34. The summed E-state index contributed by atoms with van der Waals surface area (Å²) >= 11 is 0. The number of hydrogen-bond acceptors (Lipinski definition) is 8. The van der Waals surface area contributed by atoms with Crippen LogP contribution in [-0.4, -0.2) is 71.2 Å². The molecule has 0 rings (SSSR count). The number of aliphatic hydroxyl groups is 3. The quantitative estimate of drug-likeness (QED) is 0.0848. The Balaban J connectivity index is 0. The molecule has 200 valence electrons. The van der Waals surface area contributed by atoms with Gasteiger partial charge < -0.3 is 20.1 Å². The smallest absolute Gasteiger partial charge is 0.378 e. The second-order valence-electron chi connectivity index (χ2n) is 7.92. The van der Waals surface area contributed by atoms with Gasteiger partial charge in [0.1, 0.15) is 18.7 Å². The maximum absolute atomic E-state index is 10.3. The van der Waals surface area contributed by atoms with Gasteiger partial charge in [0.2, 0.25) is 0 Å². The molecular formula is C23H49NO8S. The van der Waals surface area contributed by atoms with Crippen LogP contribution in [0, 0.1) is 0 Å².